The molecule has 9 heteroatoms. The largest absolute Gasteiger partial charge is 0.396 e. The van der Waals surface area contributed by atoms with Gasteiger partial charge in [0.1, 0.15) is 12.3 Å². The third-order valence-electron chi connectivity index (χ3n) is 2.98. The molecule has 0 aliphatic heterocycles. The Morgan fingerprint density at radius 3 is 2.52 bits per heavy atom. The van der Waals surface area contributed by atoms with E-state index in [1.807, 2.05) is 0 Å². The molecule has 25 heavy (non-hydrogen) atoms. The predicted octanol–water partition coefficient (Wildman–Crippen LogP) is 2.62. The monoisotopic (exact) mass is 370 g/mol. The maximum atomic E-state index is 13.5. The zero-order chi connectivity index (χ0) is 18.4. The molecule has 0 fully saturated rings. The van der Waals surface area contributed by atoms with Crippen LogP contribution >= 0.6 is 0 Å². The van der Waals surface area contributed by atoms with Crippen LogP contribution in [0.25, 0.3) is 0 Å². The number of pyridine rings is 1. The molecular weight excluding hydrogens is 354 g/mol. The van der Waals surface area contributed by atoms with Crippen LogP contribution in [0.1, 0.15) is 23.7 Å². The lowest BCUT2D eigenvalue weighted by atomic mass is 10.1. The van der Waals surface area contributed by atoms with Crippen LogP contribution in [-0.2, 0) is 25.7 Å². The molecule has 0 unspecified atom stereocenters. The fourth-order valence-electron chi connectivity index (χ4n) is 1.84. The van der Waals surface area contributed by atoms with Gasteiger partial charge in [-0.3, -0.25) is 9.17 Å². The number of hydrogen-bond acceptors (Lipinski definition) is 6. The van der Waals surface area contributed by atoms with E-state index in [-0.39, 0.29) is 18.9 Å². The van der Waals surface area contributed by atoms with Crippen LogP contribution < -0.4 is 0 Å². The van der Waals surface area contributed by atoms with Crippen molar-refractivity contribution in [3.63, 3.8) is 0 Å². The number of hydrogen-bond donors (Lipinski definition) is 0. The summed E-state index contributed by atoms with van der Waals surface area (Å²) in [5.74, 6) is -1.99. The molecule has 2 aromatic rings. The van der Waals surface area contributed by atoms with Gasteiger partial charge in [0, 0.05) is 11.8 Å². The van der Waals surface area contributed by atoms with Crippen LogP contribution in [0.3, 0.4) is 0 Å². The van der Waals surface area contributed by atoms with Gasteiger partial charge in [-0.1, -0.05) is 11.2 Å². The first-order valence-electron chi connectivity index (χ1n) is 7.25. The lowest BCUT2D eigenvalue weighted by Gasteiger charge is -2.08. The van der Waals surface area contributed by atoms with Crippen molar-refractivity contribution in [3.05, 3.63) is 65.0 Å². The molecule has 0 bridgehead atoms. The van der Waals surface area contributed by atoms with E-state index in [0.29, 0.717) is 16.8 Å². The maximum absolute atomic E-state index is 13.5. The first kappa shape index (κ1) is 18.9. The van der Waals surface area contributed by atoms with Gasteiger partial charge < -0.3 is 4.84 Å². The van der Waals surface area contributed by atoms with E-state index in [0.717, 1.165) is 18.4 Å². The molecule has 0 spiro atoms. The van der Waals surface area contributed by atoms with Gasteiger partial charge in [0.25, 0.3) is 10.1 Å². The van der Waals surface area contributed by atoms with E-state index in [2.05, 4.69) is 14.3 Å². The molecule has 1 aromatic carbocycles. The van der Waals surface area contributed by atoms with Crippen molar-refractivity contribution in [2.75, 3.05) is 12.9 Å². The minimum Gasteiger partial charge on any atom is -0.396 e. The summed E-state index contributed by atoms with van der Waals surface area (Å²) in [4.78, 5) is 9.18. The molecule has 1 aromatic heterocycles. The maximum Gasteiger partial charge on any atom is 0.264 e. The Labute approximate surface area is 144 Å². The summed E-state index contributed by atoms with van der Waals surface area (Å²) >= 11 is 0. The molecule has 0 N–H and O–H groups in total. The molecule has 1 heterocycles. The molecule has 0 aliphatic carbocycles. The molecule has 134 valence electrons. The van der Waals surface area contributed by atoms with Crippen LogP contribution in [0.4, 0.5) is 8.78 Å². The highest BCUT2D eigenvalue weighted by atomic mass is 32.2. The van der Waals surface area contributed by atoms with E-state index in [1.165, 1.54) is 12.3 Å². The Balaban J connectivity index is 2.30. The van der Waals surface area contributed by atoms with Gasteiger partial charge in [-0.05, 0) is 36.8 Å². The first-order valence-corrected chi connectivity index (χ1v) is 9.07. The average molecular weight is 370 g/mol. The fourth-order valence-corrected chi connectivity index (χ4v) is 2.20. The molecular formula is C16H16F2N2O4S. The molecule has 0 aliphatic rings. The summed E-state index contributed by atoms with van der Waals surface area (Å²) in [6.07, 6.45) is 2.35. The minimum absolute atomic E-state index is 0.158. The van der Waals surface area contributed by atoms with Crippen molar-refractivity contribution >= 4 is 15.8 Å². The zero-order valence-corrected chi connectivity index (χ0v) is 14.4. The number of halogens is 2. The fraction of sp³-hybridized carbons (Fsp3) is 0.250. The topological polar surface area (TPSA) is 77.9 Å². The van der Waals surface area contributed by atoms with E-state index in [4.69, 9.17) is 4.84 Å². The standard InChI is InChI=1S/C16H16F2N2O4S/c1-3-23-20-16(12-5-6-13(17)14(18)8-12)15-7-4-11(9-19-15)10-24-25(2,21)22/h4-9H,3,10H2,1-2H3/b20-16+. The quantitative estimate of drug-likeness (QED) is 0.425. The number of oxime groups is 1. The summed E-state index contributed by atoms with van der Waals surface area (Å²) in [5.41, 5.74) is 1.38. The normalized spacial score (nSPS) is 12.2. The summed E-state index contributed by atoms with van der Waals surface area (Å²) in [5, 5.41) is 3.91. The van der Waals surface area contributed by atoms with Crippen molar-refractivity contribution in [2.45, 2.75) is 13.5 Å². The summed E-state index contributed by atoms with van der Waals surface area (Å²) in [6.45, 7) is 1.86. The highest BCUT2D eigenvalue weighted by Crippen LogP contribution is 2.15. The Morgan fingerprint density at radius 1 is 1.20 bits per heavy atom. The molecule has 0 amide bonds. The second kappa shape index (κ2) is 8.13. The van der Waals surface area contributed by atoms with Crippen LogP contribution in [0.2, 0.25) is 0 Å². The van der Waals surface area contributed by atoms with Gasteiger partial charge in [-0.25, -0.2) is 8.78 Å². The van der Waals surface area contributed by atoms with Gasteiger partial charge >= 0.3 is 0 Å². The van der Waals surface area contributed by atoms with Crippen LogP contribution in [0.5, 0.6) is 0 Å². The first-order chi connectivity index (χ1) is 11.8. The van der Waals surface area contributed by atoms with Crippen molar-refractivity contribution in [3.8, 4) is 0 Å². The van der Waals surface area contributed by atoms with Crippen molar-refractivity contribution in [1.29, 1.82) is 0 Å². The SMILES string of the molecule is CCO/N=C(\c1ccc(F)c(F)c1)c1ccc(COS(C)(=O)=O)cn1. The van der Waals surface area contributed by atoms with Crippen LogP contribution in [0.15, 0.2) is 41.7 Å². The van der Waals surface area contributed by atoms with Gasteiger partial charge in [-0.15, -0.1) is 0 Å². The Hall–Kier alpha value is -2.39. The van der Waals surface area contributed by atoms with Crippen molar-refractivity contribution in [1.82, 2.24) is 4.98 Å². The summed E-state index contributed by atoms with van der Waals surface area (Å²) < 4.78 is 53.3. The van der Waals surface area contributed by atoms with Crippen LogP contribution in [-0.4, -0.2) is 32.0 Å². The molecule has 0 saturated heterocycles. The Bertz CT molecular complexity index is 868. The smallest absolute Gasteiger partial charge is 0.264 e. The second-order valence-corrected chi connectivity index (χ2v) is 6.65. The van der Waals surface area contributed by atoms with Crippen molar-refractivity contribution in [2.24, 2.45) is 5.16 Å². The van der Waals surface area contributed by atoms with Crippen molar-refractivity contribution < 1.29 is 26.2 Å². The van der Waals surface area contributed by atoms with E-state index < -0.39 is 21.8 Å². The molecule has 0 radical (unpaired) electrons. The van der Waals surface area contributed by atoms with Gasteiger partial charge in [0.05, 0.1) is 18.6 Å². The highest BCUT2D eigenvalue weighted by molar-refractivity contribution is 7.85. The third kappa shape index (κ3) is 5.57. The van der Waals surface area contributed by atoms with E-state index in [9.17, 15) is 17.2 Å². The second-order valence-electron chi connectivity index (χ2n) is 5.00. The van der Waals surface area contributed by atoms with Gasteiger partial charge in [0.15, 0.2) is 11.6 Å². The zero-order valence-electron chi connectivity index (χ0n) is 13.6. The molecule has 2 rings (SSSR count). The average Bonchev–Trinajstić information content (AvgIpc) is 2.57. The lowest BCUT2D eigenvalue weighted by molar-refractivity contribution is 0.159. The van der Waals surface area contributed by atoms with E-state index >= 15 is 0 Å². The molecule has 0 atom stereocenters. The Morgan fingerprint density at radius 2 is 1.96 bits per heavy atom. The number of aromatic nitrogens is 1. The number of rotatable bonds is 7. The van der Waals surface area contributed by atoms with Gasteiger partial charge in [0.2, 0.25) is 0 Å². The van der Waals surface area contributed by atoms with Gasteiger partial charge in [-0.2, -0.15) is 8.42 Å². The Kier molecular flexibility index (Phi) is 6.16. The third-order valence-corrected chi connectivity index (χ3v) is 3.53. The molecule has 0 saturated carbocycles. The van der Waals surface area contributed by atoms with Crippen LogP contribution in [0, 0.1) is 11.6 Å². The minimum atomic E-state index is -3.56. The number of nitrogens with zero attached hydrogens (tertiary/aromatic N) is 2. The predicted molar refractivity (Wildman–Crippen MR) is 87.5 cm³/mol. The van der Waals surface area contributed by atoms with E-state index in [1.54, 1.807) is 19.1 Å². The lowest BCUT2D eigenvalue weighted by Crippen LogP contribution is -2.09. The molecule has 6 nitrogen and oxygen atoms in total. The number of benzene rings is 1. The summed E-state index contributed by atoms with van der Waals surface area (Å²) in [6, 6.07) is 6.49. The summed E-state index contributed by atoms with van der Waals surface area (Å²) in [7, 11) is -3.56. The highest BCUT2D eigenvalue weighted by Gasteiger charge is 2.13.